The van der Waals surface area contributed by atoms with Crippen LogP contribution in [0.1, 0.15) is 53.4 Å². The van der Waals surface area contributed by atoms with E-state index >= 15 is 0 Å². The summed E-state index contributed by atoms with van der Waals surface area (Å²) in [6.45, 7) is 11.3. The maximum Gasteiger partial charge on any atom is 0.0780 e. The van der Waals surface area contributed by atoms with Crippen molar-refractivity contribution in [1.29, 1.82) is 0 Å². The molecule has 0 aromatic carbocycles. The molecule has 0 aromatic rings. The summed E-state index contributed by atoms with van der Waals surface area (Å²) in [5, 5.41) is 0.947. The normalized spacial score (nSPS) is 29.5. The number of ether oxygens (including phenoxy) is 2. The van der Waals surface area contributed by atoms with Crippen LogP contribution in [-0.4, -0.2) is 30.8 Å². The van der Waals surface area contributed by atoms with Gasteiger partial charge in [-0.3, -0.25) is 0 Å². The van der Waals surface area contributed by atoms with Gasteiger partial charge in [-0.25, -0.2) is 0 Å². The molecule has 0 aliphatic heterocycles. The molecule has 0 saturated heterocycles. The Balaban J connectivity index is 2.40. The van der Waals surface area contributed by atoms with E-state index in [1.165, 1.54) is 25.7 Å². The summed E-state index contributed by atoms with van der Waals surface area (Å²) >= 11 is 3.64. The van der Waals surface area contributed by atoms with Gasteiger partial charge in [0.25, 0.3) is 0 Å². The van der Waals surface area contributed by atoms with Gasteiger partial charge >= 0.3 is 0 Å². The van der Waals surface area contributed by atoms with Gasteiger partial charge in [-0.15, -0.1) is 0 Å². The van der Waals surface area contributed by atoms with Crippen molar-refractivity contribution >= 4 is 15.9 Å². The summed E-state index contributed by atoms with van der Waals surface area (Å²) < 4.78 is 11.5. The molecule has 2 nitrogen and oxygen atoms in total. The summed E-state index contributed by atoms with van der Waals surface area (Å²) in [5.41, 5.74) is 0.489. The number of rotatable bonds is 6. The van der Waals surface area contributed by atoms with Crippen LogP contribution in [0.3, 0.4) is 0 Å². The lowest BCUT2D eigenvalue weighted by molar-refractivity contribution is -0.0848. The third kappa shape index (κ3) is 4.82. The van der Waals surface area contributed by atoms with Crippen molar-refractivity contribution in [2.75, 3.05) is 25.2 Å². The van der Waals surface area contributed by atoms with Gasteiger partial charge in [-0.05, 0) is 43.9 Å². The molecule has 1 rings (SSSR count). The topological polar surface area (TPSA) is 18.5 Å². The Kier molecular flexibility index (Phi) is 6.63. The monoisotopic (exact) mass is 320 g/mol. The molecule has 1 saturated carbocycles. The van der Waals surface area contributed by atoms with Gasteiger partial charge in [-0.1, -0.05) is 36.7 Å². The lowest BCUT2D eigenvalue weighted by atomic mass is 9.69. The minimum Gasteiger partial charge on any atom is -0.379 e. The summed E-state index contributed by atoms with van der Waals surface area (Å²) in [6.07, 6.45) is 4.91. The summed E-state index contributed by atoms with van der Waals surface area (Å²) in [6, 6.07) is 0. The fourth-order valence-electron chi connectivity index (χ4n) is 2.79. The average molecular weight is 321 g/mol. The summed E-state index contributed by atoms with van der Waals surface area (Å²) in [7, 11) is 0. The van der Waals surface area contributed by atoms with Gasteiger partial charge < -0.3 is 9.47 Å². The smallest absolute Gasteiger partial charge is 0.0780 e. The molecule has 0 radical (unpaired) electrons. The second kappa shape index (κ2) is 7.25. The first kappa shape index (κ1) is 16.5. The van der Waals surface area contributed by atoms with Crippen LogP contribution in [0.25, 0.3) is 0 Å². The summed E-state index contributed by atoms with van der Waals surface area (Å²) in [4.78, 5) is 0. The van der Waals surface area contributed by atoms with E-state index < -0.39 is 0 Å². The molecule has 0 atom stereocenters. The van der Waals surface area contributed by atoms with Gasteiger partial charge in [-0.2, -0.15) is 0 Å². The lowest BCUT2D eigenvalue weighted by Gasteiger charge is -2.43. The zero-order valence-electron chi connectivity index (χ0n) is 12.4. The van der Waals surface area contributed by atoms with Gasteiger partial charge in [0.1, 0.15) is 0 Å². The number of hydrogen-bond donors (Lipinski definition) is 0. The second-order valence-electron chi connectivity index (χ2n) is 6.50. The Hall–Kier alpha value is 0.400. The van der Waals surface area contributed by atoms with Crippen molar-refractivity contribution in [3.05, 3.63) is 0 Å². The highest BCUT2D eigenvalue weighted by molar-refractivity contribution is 9.09. The maximum absolute atomic E-state index is 6.11. The van der Waals surface area contributed by atoms with E-state index in [0.717, 1.165) is 24.5 Å². The molecule has 108 valence electrons. The highest BCUT2D eigenvalue weighted by Crippen LogP contribution is 2.43. The van der Waals surface area contributed by atoms with E-state index in [-0.39, 0.29) is 5.60 Å². The van der Waals surface area contributed by atoms with Crippen molar-refractivity contribution in [3.8, 4) is 0 Å². The molecule has 3 heteroatoms. The molecule has 0 unspecified atom stereocenters. The Labute approximate surface area is 121 Å². The first-order valence-electron chi connectivity index (χ1n) is 7.21. The van der Waals surface area contributed by atoms with Crippen molar-refractivity contribution < 1.29 is 9.47 Å². The molecule has 18 heavy (non-hydrogen) atoms. The average Bonchev–Trinajstić information content (AvgIpc) is 2.34. The molecule has 0 heterocycles. The van der Waals surface area contributed by atoms with Crippen LogP contribution in [-0.2, 0) is 9.47 Å². The van der Waals surface area contributed by atoms with E-state index in [1.54, 1.807) is 0 Å². The number of alkyl halides is 1. The van der Waals surface area contributed by atoms with Crippen LogP contribution >= 0.6 is 15.9 Å². The van der Waals surface area contributed by atoms with E-state index in [9.17, 15) is 0 Å². The highest BCUT2D eigenvalue weighted by Gasteiger charge is 2.38. The third-order valence-corrected chi connectivity index (χ3v) is 5.23. The van der Waals surface area contributed by atoms with Gasteiger partial charge in [0, 0.05) is 11.9 Å². The zero-order chi connectivity index (χ0) is 13.6. The Morgan fingerprint density at radius 3 is 2.22 bits per heavy atom. The summed E-state index contributed by atoms with van der Waals surface area (Å²) in [5.74, 6) is 0.833. The molecule has 0 bridgehead atoms. The van der Waals surface area contributed by atoms with Crippen molar-refractivity contribution in [3.63, 3.8) is 0 Å². The first-order chi connectivity index (χ1) is 8.43. The minimum absolute atomic E-state index is 0.0544. The van der Waals surface area contributed by atoms with E-state index in [2.05, 4.69) is 36.7 Å². The first-order valence-corrected chi connectivity index (χ1v) is 8.33. The van der Waals surface area contributed by atoms with Gasteiger partial charge in [0.05, 0.1) is 18.8 Å². The van der Waals surface area contributed by atoms with Crippen molar-refractivity contribution in [2.45, 2.75) is 59.0 Å². The molecule has 0 spiro atoms. The number of hydrogen-bond acceptors (Lipinski definition) is 2. The standard InChI is InChI=1S/C15H29BrO2/c1-5-17-10-11-18-15(12-16)8-6-13(7-9-15)14(2,3)4/h13H,5-12H2,1-4H3. The Morgan fingerprint density at radius 1 is 1.17 bits per heavy atom. The van der Waals surface area contributed by atoms with Crippen LogP contribution in [0, 0.1) is 11.3 Å². The fraction of sp³-hybridized carbons (Fsp3) is 1.00. The van der Waals surface area contributed by atoms with Gasteiger partial charge in [0.2, 0.25) is 0 Å². The molecule has 0 amide bonds. The molecular weight excluding hydrogens is 292 g/mol. The predicted octanol–water partition coefficient (Wildman–Crippen LogP) is 4.41. The lowest BCUT2D eigenvalue weighted by Crippen LogP contribution is -2.42. The van der Waals surface area contributed by atoms with Gasteiger partial charge in [0.15, 0.2) is 0 Å². The zero-order valence-corrected chi connectivity index (χ0v) is 14.0. The largest absolute Gasteiger partial charge is 0.379 e. The van der Waals surface area contributed by atoms with Crippen molar-refractivity contribution in [1.82, 2.24) is 0 Å². The molecular formula is C15H29BrO2. The SMILES string of the molecule is CCOCCOC1(CBr)CCC(C(C)(C)C)CC1. The van der Waals surface area contributed by atoms with Crippen LogP contribution in [0.4, 0.5) is 0 Å². The third-order valence-electron chi connectivity index (χ3n) is 4.21. The van der Waals surface area contributed by atoms with E-state index in [4.69, 9.17) is 9.47 Å². The van der Waals surface area contributed by atoms with Crippen LogP contribution in [0.15, 0.2) is 0 Å². The predicted molar refractivity (Wildman–Crippen MR) is 80.4 cm³/mol. The van der Waals surface area contributed by atoms with Crippen molar-refractivity contribution in [2.24, 2.45) is 11.3 Å². The van der Waals surface area contributed by atoms with Crippen LogP contribution in [0.2, 0.25) is 0 Å². The second-order valence-corrected chi connectivity index (χ2v) is 7.06. The highest BCUT2D eigenvalue weighted by atomic mass is 79.9. The molecule has 0 aromatic heterocycles. The van der Waals surface area contributed by atoms with E-state index in [1.807, 2.05) is 6.92 Å². The van der Waals surface area contributed by atoms with E-state index in [0.29, 0.717) is 12.0 Å². The quantitative estimate of drug-likeness (QED) is 0.533. The fourth-order valence-corrected chi connectivity index (χ4v) is 3.51. The van der Waals surface area contributed by atoms with Crippen LogP contribution < -0.4 is 0 Å². The molecule has 0 N–H and O–H groups in total. The number of halogens is 1. The maximum atomic E-state index is 6.11. The molecule has 1 aliphatic rings. The molecule has 1 fully saturated rings. The Bertz CT molecular complexity index is 227. The minimum atomic E-state index is 0.0544. The Morgan fingerprint density at radius 2 is 1.78 bits per heavy atom. The molecule has 1 aliphatic carbocycles. The van der Waals surface area contributed by atoms with Crippen LogP contribution in [0.5, 0.6) is 0 Å².